The Morgan fingerprint density at radius 1 is 0.935 bits per heavy atom. The van der Waals surface area contributed by atoms with Crippen LogP contribution in [0.1, 0.15) is 41.3 Å². The molecule has 0 unspecified atom stereocenters. The average molecular weight is 413 g/mol. The van der Waals surface area contributed by atoms with E-state index in [2.05, 4.69) is 29.6 Å². The highest BCUT2D eigenvalue weighted by Crippen LogP contribution is 2.32. The summed E-state index contributed by atoms with van der Waals surface area (Å²) in [6.07, 6.45) is 3.29. The molecule has 1 N–H and O–H groups in total. The van der Waals surface area contributed by atoms with Crippen LogP contribution in [-0.4, -0.2) is 24.9 Å². The molecule has 158 valence electrons. The molecule has 3 aromatic rings. The minimum Gasteiger partial charge on any atom is -0.352 e. The van der Waals surface area contributed by atoms with Crippen molar-refractivity contribution in [3.05, 3.63) is 89.5 Å². The van der Waals surface area contributed by atoms with E-state index in [1.54, 1.807) is 0 Å². The number of carbonyl (C=O) groups excluding carboxylic acids is 2. The Balaban J connectivity index is 1.35. The van der Waals surface area contributed by atoms with Gasteiger partial charge >= 0.3 is 0 Å². The molecule has 0 aromatic heterocycles. The number of amides is 2. The third-order valence-corrected chi connectivity index (χ3v) is 5.83. The number of aryl methyl sites for hydroxylation is 1. The highest BCUT2D eigenvalue weighted by atomic mass is 16.2. The second kappa shape index (κ2) is 9.61. The molecule has 0 fully saturated rings. The lowest BCUT2D eigenvalue weighted by Gasteiger charge is -2.16. The van der Waals surface area contributed by atoms with Gasteiger partial charge in [0.05, 0.1) is 0 Å². The summed E-state index contributed by atoms with van der Waals surface area (Å²) in [5.74, 6) is 0.132. The fourth-order valence-electron chi connectivity index (χ4n) is 4.09. The standard InChI is InChI=1S/C27H28N2O2/c1-2-26(30)29-18-16-24-19-23(14-15-25(24)29)21-10-12-22(13-11-21)27(31)28-17-6-9-20-7-4-3-5-8-20/h3-5,7-8,10-15,19H,2,6,9,16-18H2,1H3,(H,28,31). The first-order valence-electron chi connectivity index (χ1n) is 11.0. The van der Waals surface area contributed by atoms with Gasteiger partial charge in [0, 0.05) is 30.8 Å². The Morgan fingerprint density at radius 2 is 1.68 bits per heavy atom. The Labute approximate surface area is 183 Å². The van der Waals surface area contributed by atoms with Crippen molar-refractivity contribution in [3.8, 4) is 11.1 Å². The highest BCUT2D eigenvalue weighted by Gasteiger charge is 2.23. The quantitative estimate of drug-likeness (QED) is 0.554. The number of hydrogen-bond acceptors (Lipinski definition) is 2. The van der Waals surface area contributed by atoms with Crippen LogP contribution in [0.5, 0.6) is 0 Å². The number of fused-ring (bicyclic) bond motifs is 1. The summed E-state index contributed by atoms with van der Waals surface area (Å²) < 4.78 is 0. The van der Waals surface area contributed by atoms with Crippen molar-refractivity contribution in [2.45, 2.75) is 32.6 Å². The zero-order valence-electron chi connectivity index (χ0n) is 17.9. The van der Waals surface area contributed by atoms with E-state index in [1.165, 1.54) is 11.1 Å². The normalized spacial score (nSPS) is 12.5. The first-order valence-corrected chi connectivity index (χ1v) is 11.0. The number of benzene rings is 3. The van der Waals surface area contributed by atoms with E-state index in [0.717, 1.165) is 42.6 Å². The van der Waals surface area contributed by atoms with Crippen LogP contribution in [0.25, 0.3) is 11.1 Å². The van der Waals surface area contributed by atoms with Crippen LogP contribution < -0.4 is 10.2 Å². The van der Waals surface area contributed by atoms with Gasteiger partial charge in [0.2, 0.25) is 5.91 Å². The molecule has 0 radical (unpaired) electrons. The summed E-state index contributed by atoms with van der Waals surface area (Å²) in [5, 5.41) is 3.01. The van der Waals surface area contributed by atoms with Gasteiger partial charge < -0.3 is 10.2 Å². The van der Waals surface area contributed by atoms with Crippen LogP contribution in [0.15, 0.2) is 72.8 Å². The number of anilines is 1. The van der Waals surface area contributed by atoms with Crippen molar-refractivity contribution in [2.75, 3.05) is 18.0 Å². The third kappa shape index (κ3) is 4.85. The molecule has 1 heterocycles. The van der Waals surface area contributed by atoms with E-state index in [4.69, 9.17) is 0 Å². The number of nitrogens with one attached hydrogen (secondary N) is 1. The summed E-state index contributed by atoms with van der Waals surface area (Å²) >= 11 is 0. The predicted octanol–water partition coefficient (Wildman–Crippen LogP) is 5.02. The van der Waals surface area contributed by atoms with Crippen molar-refractivity contribution in [3.63, 3.8) is 0 Å². The summed E-state index contributed by atoms with van der Waals surface area (Å²) in [7, 11) is 0. The Morgan fingerprint density at radius 3 is 2.42 bits per heavy atom. The van der Waals surface area contributed by atoms with E-state index in [-0.39, 0.29) is 11.8 Å². The molecule has 0 atom stereocenters. The molecular weight excluding hydrogens is 384 g/mol. The molecule has 2 amide bonds. The third-order valence-electron chi connectivity index (χ3n) is 5.83. The van der Waals surface area contributed by atoms with Gasteiger partial charge in [0.1, 0.15) is 0 Å². The molecule has 0 saturated heterocycles. The van der Waals surface area contributed by atoms with Gasteiger partial charge in [-0.1, -0.05) is 55.5 Å². The van der Waals surface area contributed by atoms with Crippen LogP contribution in [0.2, 0.25) is 0 Å². The lowest BCUT2D eigenvalue weighted by atomic mass is 10.0. The van der Waals surface area contributed by atoms with Crippen LogP contribution in [0.4, 0.5) is 5.69 Å². The van der Waals surface area contributed by atoms with Crippen molar-refractivity contribution in [2.24, 2.45) is 0 Å². The van der Waals surface area contributed by atoms with Crippen LogP contribution >= 0.6 is 0 Å². The number of nitrogens with zero attached hydrogens (tertiary/aromatic N) is 1. The molecule has 4 rings (SSSR count). The molecular formula is C27H28N2O2. The number of rotatable bonds is 7. The lowest BCUT2D eigenvalue weighted by molar-refractivity contribution is -0.118. The molecule has 0 saturated carbocycles. The van der Waals surface area contributed by atoms with E-state index < -0.39 is 0 Å². The maximum absolute atomic E-state index is 12.4. The van der Waals surface area contributed by atoms with Crippen molar-refractivity contribution in [1.82, 2.24) is 5.32 Å². The molecule has 1 aliphatic rings. The first-order chi connectivity index (χ1) is 15.2. The largest absolute Gasteiger partial charge is 0.352 e. The number of hydrogen-bond donors (Lipinski definition) is 1. The lowest BCUT2D eigenvalue weighted by Crippen LogP contribution is -2.27. The van der Waals surface area contributed by atoms with Crippen LogP contribution in [0, 0.1) is 0 Å². The molecule has 1 aliphatic heterocycles. The first kappa shape index (κ1) is 20.9. The second-order valence-corrected chi connectivity index (χ2v) is 7.91. The van der Waals surface area contributed by atoms with Gasteiger partial charge in [-0.3, -0.25) is 9.59 Å². The zero-order valence-corrected chi connectivity index (χ0v) is 17.9. The Bertz CT molecular complexity index is 1060. The van der Waals surface area contributed by atoms with Gasteiger partial charge in [0.25, 0.3) is 5.91 Å². The van der Waals surface area contributed by atoms with E-state index in [9.17, 15) is 9.59 Å². The van der Waals surface area contributed by atoms with Gasteiger partial charge in [-0.25, -0.2) is 0 Å². The molecule has 4 heteroatoms. The van der Waals surface area contributed by atoms with Gasteiger partial charge in [0.15, 0.2) is 0 Å². The van der Waals surface area contributed by atoms with Crippen LogP contribution in [0.3, 0.4) is 0 Å². The molecule has 31 heavy (non-hydrogen) atoms. The monoisotopic (exact) mass is 412 g/mol. The fraction of sp³-hybridized carbons (Fsp3) is 0.259. The predicted molar refractivity (Wildman–Crippen MR) is 125 cm³/mol. The molecule has 0 bridgehead atoms. The van der Waals surface area contributed by atoms with Crippen LogP contribution in [-0.2, 0) is 17.6 Å². The highest BCUT2D eigenvalue weighted by molar-refractivity contribution is 5.96. The smallest absolute Gasteiger partial charge is 0.251 e. The average Bonchev–Trinajstić information content (AvgIpc) is 3.25. The van der Waals surface area contributed by atoms with Gasteiger partial charge in [-0.05, 0) is 65.8 Å². The summed E-state index contributed by atoms with van der Waals surface area (Å²) in [6.45, 7) is 3.32. The van der Waals surface area contributed by atoms with E-state index in [1.807, 2.05) is 60.4 Å². The van der Waals surface area contributed by atoms with E-state index >= 15 is 0 Å². The fourth-order valence-corrected chi connectivity index (χ4v) is 4.09. The second-order valence-electron chi connectivity index (χ2n) is 7.91. The van der Waals surface area contributed by atoms with Crippen molar-refractivity contribution < 1.29 is 9.59 Å². The Hall–Kier alpha value is -3.40. The topological polar surface area (TPSA) is 49.4 Å². The SMILES string of the molecule is CCC(=O)N1CCc2cc(-c3ccc(C(=O)NCCCc4ccccc4)cc3)ccc21. The summed E-state index contributed by atoms with van der Waals surface area (Å²) in [4.78, 5) is 26.4. The van der Waals surface area contributed by atoms with Crippen molar-refractivity contribution >= 4 is 17.5 Å². The Kier molecular flexibility index (Phi) is 6.46. The number of carbonyl (C=O) groups is 2. The molecule has 3 aromatic carbocycles. The maximum atomic E-state index is 12.4. The minimum atomic E-state index is -0.0396. The van der Waals surface area contributed by atoms with Gasteiger partial charge in [-0.15, -0.1) is 0 Å². The summed E-state index contributed by atoms with van der Waals surface area (Å²) in [5.41, 5.74) is 6.38. The summed E-state index contributed by atoms with van der Waals surface area (Å²) in [6, 6.07) is 24.3. The molecule has 0 spiro atoms. The van der Waals surface area contributed by atoms with E-state index in [0.29, 0.717) is 18.5 Å². The molecule has 0 aliphatic carbocycles. The maximum Gasteiger partial charge on any atom is 0.251 e. The van der Waals surface area contributed by atoms with Crippen molar-refractivity contribution in [1.29, 1.82) is 0 Å². The zero-order chi connectivity index (χ0) is 21.6. The van der Waals surface area contributed by atoms with Gasteiger partial charge in [-0.2, -0.15) is 0 Å². The molecule has 4 nitrogen and oxygen atoms in total. The minimum absolute atomic E-state index is 0.0396.